The van der Waals surface area contributed by atoms with E-state index in [2.05, 4.69) is 64.3 Å². The van der Waals surface area contributed by atoms with Gasteiger partial charge >= 0.3 is 0 Å². The van der Waals surface area contributed by atoms with Gasteiger partial charge in [-0.1, -0.05) is 95.0 Å². The molecule has 0 saturated carbocycles. The molecule has 2 rings (SSSR count). The minimum Gasteiger partial charge on any atom is -0.106 e. The van der Waals surface area contributed by atoms with Crippen LogP contribution in [-0.4, -0.2) is 6.71 Å². The van der Waals surface area contributed by atoms with Crippen molar-refractivity contribution in [3.05, 3.63) is 49.1 Å². The average Bonchev–Trinajstić information content (AvgIpc) is 2.52. The summed E-state index contributed by atoms with van der Waals surface area (Å²) in [5.74, 6) is 1.03. The Bertz CT molecular complexity index is 299. The molecule has 20 heavy (non-hydrogen) atoms. The molecule has 1 aliphatic heterocycles. The summed E-state index contributed by atoms with van der Waals surface area (Å²) < 4.78 is 0. The van der Waals surface area contributed by atoms with Crippen molar-refractivity contribution in [2.45, 2.75) is 65.4 Å². The molecule has 1 fully saturated rings. The summed E-state index contributed by atoms with van der Waals surface area (Å²) in [4.78, 5) is 0. The quantitative estimate of drug-likeness (QED) is 0.447. The van der Waals surface area contributed by atoms with Crippen LogP contribution in [0.3, 0.4) is 0 Å². The summed E-state index contributed by atoms with van der Waals surface area (Å²) in [6, 6.07) is 11.0. The highest BCUT2D eigenvalue weighted by atomic mass is 14.1. The fraction of sp³-hybridized carbons (Fsp3) is 0.579. The second-order valence-electron chi connectivity index (χ2n) is 5.69. The summed E-state index contributed by atoms with van der Waals surface area (Å²) in [6.45, 7) is 13.5. The second kappa shape index (κ2) is 13.0. The van der Waals surface area contributed by atoms with Crippen molar-refractivity contribution in [2.24, 2.45) is 5.92 Å². The number of hydrogen-bond donors (Lipinski definition) is 0. The molecule has 0 amide bonds. The maximum absolute atomic E-state index is 3.00. The second-order valence-corrected chi connectivity index (χ2v) is 5.69. The Hall–Kier alpha value is -0.975. The van der Waals surface area contributed by atoms with Gasteiger partial charge in [0.05, 0.1) is 0 Å². The lowest BCUT2D eigenvalue weighted by molar-refractivity contribution is 0.456. The van der Waals surface area contributed by atoms with Crippen LogP contribution in [0.5, 0.6) is 0 Å². The Balaban J connectivity index is 0.000000641. The van der Waals surface area contributed by atoms with Crippen LogP contribution in [0.15, 0.2) is 43.5 Å². The van der Waals surface area contributed by atoms with Gasteiger partial charge in [0.25, 0.3) is 0 Å². The van der Waals surface area contributed by atoms with E-state index in [1.54, 1.807) is 0 Å². The van der Waals surface area contributed by atoms with Gasteiger partial charge in [-0.05, 0) is 12.2 Å². The van der Waals surface area contributed by atoms with Crippen LogP contribution in [0.25, 0.3) is 0 Å². The fourth-order valence-electron chi connectivity index (χ4n) is 2.79. The lowest BCUT2D eigenvalue weighted by Gasteiger charge is -2.25. The molecule has 0 N–H and O–H groups in total. The van der Waals surface area contributed by atoms with Gasteiger partial charge in [0.2, 0.25) is 0 Å². The van der Waals surface area contributed by atoms with Gasteiger partial charge in [-0.2, -0.15) is 0 Å². The van der Waals surface area contributed by atoms with Gasteiger partial charge < -0.3 is 0 Å². The smallest absolute Gasteiger partial charge is 0.106 e. The van der Waals surface area contributed by atoms with Gasteiger partial charge in [-0.25, -0.2) is 0 Å². The van der Waals surface area contributed by atoms with Gasteiger partial charge in [0.1, 0.15) is 6.71 Å². The summed E-state index contributed by atoms with van der Waals surface area (Å²) in [7, 11) is 0. The fourth-order valence-corrected chi connectivity index (χ4v) is 2.79. The van der Waals surface area contributed by atoms with E-state index in [0.29, 0.717) is 0 Å². The molecule has 0 radical (unpaired) electrons. The molecule has 1 aliphatic rings. The Morgan fingerprint density at radius 3 is 1.95 bits per heavy atom. The van der Waals surface area contributed by atoms with Crippen LogP contribution in [0.2, 0.25) is 12.6 Å². The molecule has 0 unspecified atom stereocenters. The van der Waals surface area contributed by atoms with Crippen LogP contribution in [-0.2, 0) is 6.32 Å². The molecule has 0 nitrogen and oxygen atoms in total. The van der Waals surface area contributed by atoms with Gasteiger partial charge in [-0.15, -0.1) is 13.2 Å². The number of rotatable bonds is 3. The van der Waals surface area contributed by atoms with Gasteiger partial charge in [0.15, 0.2) is 0 Å². The first-order chi connectivity index (χ1) is 9.80. The zero-order chi connectivity index (χ0) is 15.2. The summed E-state index contributed by atoms with van der Waals surface area (Å²) in [5.41, 5.74) is 1.53. The van der Waals surface area contributed by atoms with Crippen LogP contribution >= 0.6 is 0 Å². The molecule has 0 atom stereocenters. The van der Waals surface area contributed by atoms with E-state index in [9.17, 15) is 0 Å². The monoisotopic (exact) mass is 272 g/mol. The molecule has 1 heteroatoms. The SMILES string of the molecule is C=C.CCC.CCC1CCB(Cc2ccccc2)CC1. The third kappa shape index (κ3) is 8.25. The molecule has 112 valence electrons. The van der Waals surface area contributed by atoms with E-state index in [1.807, 2.05) is 0 Å². The summed E-state index contributed by atoms with van der Waals surface area (Å²) >= 11 is 0. The van der Waals surface area contributed by atoms with Crippen molar-refractivity contribution in [1.82, 2.24) is 0 Å². The van der Waals surface area contributed by atoms with E-state index in [0.717, 1.165) is 12.6 Å². The maximum atomic E-state index is 3.00. The minimum atomic E-state index is 0.954. The molecule has 0 aliphatic carbocycles. The maximum Gasteiger partial charge on any atom is 0.144 e. The van der Waals surface area contributed by atoms with Crippen LogP contribution in [0.1, 0.15) is 52.0 Å². The lowest BCUT2D eigenvalue weighted by atomic mass is 9.38. The molecular formula is C19H33B. The van der Waals surface area contributed by atoms with Crippen molar-refractivity contribution in [2.75, 3.05) is 0 Å². The molecule has 1 aromatic carbocycles. The molecular weight excluding hydrogens is 239 g/mol. The van der Waals surface area contributed by atoms with Crippen molar-refractivity contribution >= 4 is 6.71 Å². The van der Waals surface area contributed by atoms with Crippen molar-refractivity contribution in [1.29, 1.82) is 0 Å². The van der Waals surface area contributed by atoms with Gasteiger partial charge in [-0.3, -0.25) is 0 Å². The Kier molecular flexibility index (Phi) is 12.4. The largest absolute Gasteiger partial charge is 0.144 e. The van der Waals surface area contributed by atoms with Crippen LogP contribution < -0.4 is 0 Å². The van der Waals surface area contributed by atoms with Crippen molar-refractivity contribution < 1.29 is 0 Å². The third-order valence-electron chi connectivity index (χ3n) is 3.91. The van der Waals surface area contributed by atoms with Crippen molar-refractivity contribution in [3.63, 3.8) is 0 Å². The molecule has 0 spiro atoms. The van der Waals surface area contributed by atoms with E-state index in [1.165, 1.54) is 50.2 Å². The first kappa shape index (κ1) is 19.0. The first-order valence-corrected chi connectivity index (χ1v) is 8.34. The highest BCUT2D eigenvalue weighted by Gasteiger charge is 2.22. The molecule has 1 saturated heterocycles. The molecule has 1 aromatic rings. The summed E-state index contributed by atoms with van der Waals surface area (Å²) in [5, 5.41) is 0. The Morgan fingerprint density at radius 2 is 1.50 bits per heavy atom. The van der Waals surface area contributed by atoms with E-state index in [-0.39, 0.29) is 0 Å². The molecule has 1 heterocycles. The molecule has 0 aromatic heterocycles. The standard InChI is InChI=1S/C14H21B.C3H8.C2H4/c1-2-13-8-10-15(11-9-13)12-14-6-4-3-5-7-14;1-3-2;1-2/h3-7,13H,2,8-12H2,1H3;3H2,1-2H3;1-2H2. The lowest BCUT2D eigenvalue weighted by Crippen LogP contribution is -2.23. The zero-order valence-electron chi connectivity index (χ0n) is 13.9. The van der Waals surface area contributed by atoms with E-state index < -0.39 is 0 Å². The van der Waals surface area contributed by atoms with Crippen LogP contribution in [0, 0.1) is 5.92 Å². The number of benzene rings is 1. The minimum absolute atomic E-state index is 0.954. The highest BCUT2D eigenvalue weighted by molar-refractivity contribution is 6.58. The average molecular weight is 272 g/mol. The van der Waals surface area contributed by atoms with E-state index >= 15 is 0 Å². The predicted octanol–water partition coefficient (Wildman–Crippen LogP) is 6.30. The zero-order valence-corrected chi connectivity index (χ0v) is 13.9. The Labute approximate surface area is 127 Å². The summed E-state index contributed by atoms with van der Waals surface area (Å²) in [6.07, 6.45) is 9.78. The molecule has 0 bridgehead atoms. The first-order valence-electron chi connectivity index (χ1n) is 8.34. The Morgan fingerprint density at radius 1 is 1.00 bits per heavy atom. The predicted molar refractivity (Wildman–Crippen MR) is 95.7 cm³/mol. The van der Waals surface area contributed by atoms with Crippen LogP contribution in [0.4, 0.5) is 0 Å². The third-order valence-corrected chi connectivity index (χ3v) is 3.91. The van der Waals surface area contributed by atoms with Gasteiger partial charge in [0, 0.05) is 0 Å². The highest BCUT2D eigenvalue weighted by Crippen LogP contribution is 2.28. The van der Waals surface area contributed by atoms with Crippen molar-refractivity contribution in [3.8, 4) is 0 Å². The topological polar surface area (TPSA) is 0 Å². The normalized spacial score (nSPS) is 14.7. The van der Waals surface area contributed by atoms with E-state index in [4.69, 9.17) is 0 Å². The number of hydrogen-bond acceptors (Lipinski definition) is 0.